The molecule has 1 saturated heterocycles. The Balaban J connectivity index is 1.30. The van der Waals surface area contributed by atoms with Crippen LogP contribution in [0.3, 0.4) is 0 Å². The summed E-state index contributed by atoms with van der Waals surface area (Å²) >= 11 is 0. The zero-order chi connectivity index (χ0) is 30.0. The van der Waals surface area contributed by atoms with E-state index in [4.69, 9.17) is 9.72 Å². The van der Waals surface area contributed by atoms with Crippen molar-refractivity contribution in [3.8, 4) is 11.7 Å². The fourth-order valence-corrected chi connectivity index (χ4v) is 7.82. The normalized spacial score (nSPS) is 19.8. The van der Waals surface area contributed by atoms with Crippen molar-refractivity contribution >= 4 is 21.7 Å². The van der Waals surface area contributed by atoms with E-state index in [9.17, 15) is 13.2 Å². The van der Waals surface area contributed by atoms with Crippen molar-refractivity contribution in [3.05, 3.63) is 41.9 Å². The van der Waals surface area contributed by atoms with E-state index < -0.39 is 15.9 Å². The Labute approximate surface area is 247 Å². The SMILES string of the molecule is Cc1c(S(=O)(=O)NC(=O)c2ccc(-n3ccc(OCC(C4CC4)C4CC4)n3)nc2N2CC(C)(C)CC2(C)C)cnn1C. The number of nitrogens with one attached hydrogen (secondary N) is 1. The number of amides is 1. The molecule has 3 aliphatic rings. The van der Waals surface area contributed by atoms with Crippen LogP contribution in [-0.2, 0) is 17.1 Å². The summed E-state index contributed by atoms with van der Waals surface area (Å²) in [6.45, 7) is 11.6. The number of hydrogen-bond donors (Lipinski definition) is 1. The number of ether oxygens (including phenoxy) is 1. The molecule has 0 spiro atoms. The van der Waals surface area contributed by atoms with E-state index in [2.05, 4.69) is 47.5 Å². The van der Waals surface area contributed by atoms with Crippen LogP contribution < -0.4 is 14.4 Å². The molecule has 0 aromatic carbocycles. The first-order valence-electron chi connectivity index (χ1n) is 14.8. The minimum Gasteiger partial charge on any atom is -0.476 e. The molecule has 11 nitrogen and oxygen atoms in total. The van der Waals surface area contributed by atoms with Gasteiger partial charge in [-0.05, 0) is 88.2 Å². The van der Waals surface area contributed by atoms with Gasteiger partial charge >= 0.3 is 0 Å². The number of pyridine rings is 1. The number of nitrogens with zero attached hydrogens (tertiary/aromatic N) is 6. The lowest BCUT2D eigenvalue weighted by molar-refractivity contribution is 0.0981. The molecule has 1 N–H and O–H groups in total. The highest BCUT2D eigenvalue weighted by atomic mass is 32.2. The van der Waals surface area contributed by atoms with Crippen LogP contribution in [0.5, 0.6) is 5.88 Å². The van der Waals surface area contributed by atoms with Gasteiger partial charge in [-0.3, -0.25) is 9.48 Å². The second kappa shape index (κ2) is 10.1. The molecule has 0 atom stereocenters. The molecular formula is C30H41N7O4S. The van der Waals surface area contributed by atoms with Crippen molar-refractivity contribution in [3.63, 3.8) is 0 Å². The number of carbonyl (C=O) groups is 1. The molecule has 6 rings (SSSR count). The van der Waals surface area contributed by atoms with Gasteiger partial charge in [-0.15, -0.1) is 5.10 Å². The van der Waals surface area contributed by atoms with Gasteiger partial charge in [0, 0.05) is 31.4 Å². The van der Waals surface area contributed by atoms with Gasteiger partial charge in [0.05, 0.1) is 24.1 Å². The van der Waals surface area contributed by atoms with Gasteiger partial charge in [0.1, 0.15) is 10.7 Å². The van der Waals surface area contributed by atoms with Gasteiger partial charge in [-0.1, -0.05) is 13.8 Å². The topological polar surface area (TPSA) is 124 Å². The number of carbonyl (C=O) groups excluding carboxylic acids is 1. The first-order valence-corrected chi connectivity index (χ1v) is 16.3. The lowest BCUT2D eigenvalue weighted by Crippen LogP contribution is -2.41. The molecule has 42 heavy (non-hydrogen) atoms. The van der Waals surface area contributed by atoms with Gasteiger partial charge in [0.2, 0.25) is 5.88 Å². The number of anilines is 1. The third-order valence-corrected chi connectivity index (χ3v) is 10.4. The van der Waals surface area contributed by atoms with Gasteiger partial charge in [-0.25, -0.2) is 22.8 Å². The summed E-state index contributed by atoms with van der Waals surface area (Å²) in [5.74, 6) is 2.94. The molecule has 1 aliphatic heterocycles. The van der Waals surface area contributed by atoms with E-state index in [-0.39, 0.29) is 21.4 Å². The monoisotopic (exact) mass is 595 g/mol. The maximum Gasteiger partial charge on any atom is 0.268 e. The third kappa shape index (κ3) is 5.65. The average molecular weight is 596 g/mol. The molecule has 3 aromatic heterocycles. The molecule has 2 saturated carbocycles. The molecule has 0 bridgehead atoms. The Morgan fingerprint density at radius 3 is 2.38 bits per heavy atom. The van der Waals surface area contributed by atoms with Crippen molar-refractivity contribution in [1.82, 2.24) is 29.3 Å². The Morgan fingerprint density at radius 2 is 1.81 bits per heavy atom. The van der Waals surface area contributed by atoms with E-state index in [0.29, 0.717) is 42.3 Å². The number of hydrogen-bond acceptors (Lipinski definition) is 8. The van der Waals surface area contributed by atoms with Crippen molar-refractivity contribution in [2.45, 2.75) is 77.2 Å². The standard InChI is InChI=1S/C30H41N7O4S/c1-19-24(15-31-35(19)6)42(39,40)34-28(38)22-11-12-25(32-27(22)36-18-29(2,3)17-30(36,4)5)37-14-13-26(33-37)41-16-23(20-7-8-20)21-9-10-21/h11-15,20-21,23H,7-10,16-18H2,1-6H3,(H,34,38). The molecule has 4 heterocycles. The predicted molar refractivity (Wildman–Crippen MR) is 158 cm³/mol. The summed E-state index contributed by atoms with van der Waals surface area (Å²) in [6.07, 6.45) is 9.14. The average Bonchev–Trinajstić information content (AvgIpc) is 3.82. The molecule has 3 fully saturated rings. The van der Waals surface area contributed by atoms with E-state index in [1.165, 1.54) is 36.6 Å². The van der Waals surface area contributed by atoms with Crippen LogP contribution in [-0.4, -0.2) is 57.6 Å². The summed E-state index contributed by atoms with van der Waals surface area (Å²) in [4.78, 5) is 20.6. The minimum atomic E-state index is -4.15. The van der Waals surface area contributed by atoms with E-state index >= 15 is 0 Å². The highest BCUT2D eigenvalue weighted by molar-refractivity contribution is 7.90. The van der Waals surface area contributed by atoms with Gasteiger partial charge in [0.25, 0.3) is 15.9 Å². The zero-order valence-electron chi connectivity index (χ0n) is 25.3. The Bertz CT molecular complexity index is 1600. The number of rotatable bonds is 10. The summed E-state index contributed by atoms with van der Waals surface area (Å²) in [7, 11) is -2.50. The number of aryl methyl sites for hydroxylation is 1. The summed E-state index contributed by atoms with van der Waals surface area (Å²) in [5.41, 5.74) is 0.265. The summed E-state index contributed by atoms with van der Waals surface area (Å²) in [6, 6.07) is 5.14. The molecule has 2 aliphatic carbocycles. The maximum atomic E-state index is 13.6. The van der Waals surface area contributed by atoms with Crippen LogP contribution in [0, 0.1) is 30.1 Å². The highest BCUT2D eigenvalue weighted by Crippen LogP contribution is 2.49. The lowest BCUT2D eigenvalue weighted by Gasteiger charge is -2.33. The van der Waals surface area contributed by atoms with E-state index in [0.717, 1.165) is 18.3 Å². The van der Waals surface area contributed by atoms with Crippen LogP contribution in [0.25, 0.3) is 5.82 Å². The fourth-order valence-electron chi connectivity index (χ4n) is 6.65. The van der Waals surface area contributed by atoms with Crippen LogP contribution in [0.4, 0.5) is 5.82 Å². The molecule has 0 radical (unpaired) electrons. The van der Waals surface area contributed by atoms with Crippen molar-refractivity contribution < 1.29 is 17.9 Å². The molecular weight excluding hydrogens is 554 g/mol. The van der Waals surface area contributed by atoms with Crippen molar-refractivity contribution in [2.75, 3.05) is 18.1 Å². The first kappa shape index (κ1) is 28.7. The molecule has 226 valence electrons. The molecule has 0 unspecified atom stereocenters. The van der Waals surface area contributed by atoms with Crippen molar-refractivity contribution in [2.24, 2.45) is 30.2 Å². The number of aromatic nitrogens is 5. The first-order chi connectivity index (χ1) is 19.7. The summed E-state index contributed by atoms with van der Waals surface area (Å²) in [5, 5.41) is 8.65. The van der Waals surface area contributed by atoms with E-state index in [1.54, 1.807) is 37.0 Å². The second-order valence-electron chi connectivity index (χ2n) is 13.7. The number of sulfonamides is 1. The second-order valence-corrected chi connectivity index (χ2v) is 15.3. The van der Waals surface area contributed by atoms with Gasteiger partial charge < -0.3 is 9.64 Å². The Hall–Kier alpha value is -3.41. The van der Waals surface area contributed by atoms with Crippen LogP contribution in [0.15, 0.2) is 35.5 Å². The molecule has 12 heteroatoms. The zero-order valence-corrected chi connectivity index (χ0v) is 26.1. The van der Waals surface area contributed by atoms with Gasteiger partial charge in [0.15, 0.2) is 5.82 Å². The van der Waals surface area contributed by atoms with Crippen LogP contribution in [0.2, 0.25) is 0 Å². The van der Waals surface area contributed by atoms with Gasteiger partial charge in [-0.2, -0.15) is 5.10 Å². The third-order valence-electron chi connectivity index (χ3n) is 8.97. The Kier molecular flexibility index (Phi) is 6.90. The van der Waals surface area contributed by atoms with Crippen LogP contribution >= 0.6 is 0 Å². The van der Waals surface area contributed by atoms with E-state index in [1.807, 2.05) is 6.07 Å². The quantitative estimate of drug-likeness (QED) is 0.369. The molecule has 3 aromatic rings. The smallest absolute Gasteiger partial charge is 0.268 e. The lowest BCUT2D eigenvalue weighted by atomic mass is 9.86. The maximum absolute atomic E-state index is 13.6. The molecule has 1 amide bonds. The Morgan fingerprint density at radius 1 is 1.12 bits per heavy atom. The summed E-state index contributed by atoms with van der Waals surface area (Å²) < 4.78 is 37.8. The van der Waals surface area contributed by atoms with Crippen LogP contribution in [0.1, 0.15) is 75.9 Å². The minimum absolute atomic E-state index is 0.0276. The van der Waals surface area contributed by atoms with Crippen molar-refractivity contribution in [1.29, 1.82) is 0 Å². The fraction of sp³-hybridized carbons (Fsp3) is 0.600. The predicted octanol–water partition coefficient (Wildman–Crippen LogP) is 4.26. The highest BCUT2D eigenvalue weighted by Gasteiger charge is 2.45. The largest absolute Gasteiger partial charge is 0.476 e.